The van der Waals surface area contributed by atoms with Crippen molar-refractivity contribution in [3.63, 3.8) is 0 Å². The van der Waals surface area contributed by atoms with Gasteiger partial charge in [-0.25, -0.2) is 0 Å². The Morgan fingerprint density at radius 2 is 1.97 bits per heavy atom. The average molecular weight is 405 g/mol. The van der Waals surface area contributed by atoms with Crippen molar-refractivity contribution < 1.29 is 29.6 Å². The third-order valence-corrected chi connectivity index (χ3v) is 8.35. The summed E-state index contributed by atoms with van der Waals surface area (Å²) in [4.78, 5) is 24.8. The fourth-order valence-corrected chi connectivity index (χ4v) is 7.17. The van der Waals surface area contributed by atoms with E-state index < -0.39 is 63.9 Å². The second-order valence-electron chi connectivity index (χ2n) is 10.2. The number of Topliss-reactive ketones (excluding diaryl/α,β-unsaturated/α-hetero) is 1. The van der Waals surface area contributed by atoms with E-state index in [0.29, 0.717) is 17.6 Å². The molecule has 7 atom stereocenters. The van der Waals surface area contributed by atoms with Gasteiger partial charge in [-0.05, 0) is 30.4 Å². The van der Waals surface area contributed by atoms with Crippen molar-refractivity contribution in [2.75, 3.05) is 6.61 Å². The van der Waals surface area contributed by atoms with Gasteiger partial charge in [-0.2, -0.15) is 0 Å². The van der Waals surface area contributed by atoms with Crippen LogP contribution in [0.5, 0.6) is 0 Å². The molecule has 0 saturated heterocycles. The molecular weight excluding hydrogens is 374 g/mol. The highest BCUT2D eigenvalue weighted by molar-refractivity contribution is 6.05. The molecule has 4 aliphatic rings. The van der Waals surface area contributed by atoms with Gasteiger partial charge < -0.3 is 25.8 Å². The van der Waals surface area contributed by atoms with Crippen LogP contribution < -0.4 is 5.73 Å². The van der Waals surface area contributed by atoms with E-state index in [4.69, 9.17) is 10.5 Å². The van der Waals surface area contributed by atoms with Crippen molar-refractivity contribution in [1.82, 2.24) is 0 Å². The smallest absolute Gasteiger partial charge is 0.303 e. The summed E-state index contributed by atoms with van der Waals surface area (Å²) >= 11 is 0. The molecule has 4 aliphatic carbocycles. The van der Waals surface area contributed by atoms with Crippen LogP contribution in [-0.2, 0) is 14.3 Å². The van der Waals surface area contributed by atoms with E-state index >= 15 is 0 Å². The third-order valence-electron chi connectivity index (χ3n) is 8.35. The molecule has 0 unspecified atom stereocenters. The Balaban J connectivity index is 1.97. The van der Waals surface area contributed by atoms with E-state index in [-0.39, 0.29) is 6.42 Å². The van der Waals surface area contributed by atoms with Crippen LogP contribution in [0, 0.1) is 23.2 Å². The lowest BCUT2D eigenvalue weighted by Gasteiger charge is -2.55. The summed E-state index contributed by atoms with van der Waals surface area (Å²) in [5.41, 5.74) is 1.50. The van der Waals surface area contributed by atoms with Crippen LogP contribution in [0.15, 0.2) is 23.3 Å². The normalized spacial score (nSPS) is 49.8. The molecule has 0 aliphatic heterocycles. The Hall–Kier alpha value is -1.54. The molecule has 0 aromatic heterocycles. The molecule has 0 aromatic carbocycles. The van der Waals surface area contributed by atoms with Crippen molar-refractivity contribution in [3.05, 3.63) is 23.3 Å². The van der Waals surface area contributed by atoms with Gasteiger partial charge in [-0.1, -0.05) is 32.9 Å². The maximum atomic E-state index is 12.9. The SMILES string of the molecule is CC(=O)O[C@@]12C[C@@H](C)[C@]3(O)[C@@H]4C=C(C)C(=O)[C@@]4(O)CC(CO)=C[C@@]3(N)[C@@H]1C2(C)C. The van der Waals surface area contributed by atoms with Gasteiger partial charge in [0.05, 0.1) is 17.7 Å². The minimum atomic E-state index is -1.86. The molecule has 0 amide bonds. The second kappa shape index (κ2) is 5.58. The second-order valence-corrected chi connectivity index (χ2v) is 10.2. The maximum absolute atomic E-state index is 12.9. The Morgan fingerprint density at radius 1 is 1.34 bits per heavy atom. The van der Waals surface area contributed by atoms with E-state index in [0.717, 1.165) is 0 Å². The van der Waals surface area contributed by atoms with Crippen molar-refractivity contribution in [2.24, 2.45) is 28.9 Å². The Labute approximate surface area is 170 Å². The van der Waals surface area contributed by atoms with Crippen molar-refractivity contribution >= 4 is 11.8 Å². The summed E-state index contributed by atoms with van der Waals surface area (Å²) in [6, 6.07) is 0. The van der Waals surface area contributed by atoms with Crippen LogP contribution in [-0.4, -0.2) is 56.0 Å². The lowest BCUT2D eigenvalue weighted by atomic mass is 9.56. The summed E-state index contributed by atoms with van der Waals surface area (Å²) in [7, 11) is 0. The Morgan fingerprint density at radius 3 is 2.52 bits per heavy atom. The molecule has 0 heterocycles. The average Bonchev–Trinajstić information content (AvgIpc) is 3.01. The molecule has 7 heteroatoms. The Bertz CT molecular complexity index is 877. The first-order valence-corrected chi connectivity index (χ1v) is 10.2. The monoisotopic (exact) mass is 405 g/mol. The molecule has 0 radical (unpaired) electrons. The van der Waals surface area contributed by atoms with Gasteiger partial charge in [-0.3, -0.25) is 9.59 Å². The predicted molar refractivity (Wildman–Crippen MR) is 104 cm³/mol. The van der Waals surface area contributed by atoms with E-state index in [9.17, 15) is 24.9 Å². The lowest BCUT2D eigenvalue weighted by molar-refractivity contribution is -0.191. The fraction of sp³-hybridized carbons (Fsp3) is 0.727. The molecule has 5 N–H and O–H groups in total. The molecule has 2 saturated carbocycles. The zero-order valence-electron chi connectivity index (χ0n) is 17.7. The standard InChI is InChI=1S/C22H31NO6/c1-11-6-15-19(27,16(11)26)8-14(10-24)9-20(23)17-18(4,5)21(17,29-13(3)25)7-12(2)22(15,20)28/h6,9,12,15,17,24,27-28H,7-8,10,23H2,1-5H3/t12-,15-,17+,19-,20-,21+,22+/m1/s1. The summed E-state index contributed by atoms with van der Waals surface area (Å²) < 4.78 is 5.82. The number of aliphatic hydroxyl groups is 3. The highest BCUT2D eigenvalue weighted by Gasteiger charge is 2.87. The summed E-state index contributed by atoms with van der Waals surface area (Å²) in [5.74, 6) is -2.69. The highest BCUT2D eigenvalue weighted by Crippen LogP contribution is 2.77. The van der Waals surface area contributed by atoms with E-state index in [1.807, 2.05) is 20.8 Å². The van der Waals surface area contributed by atoms with Crippen molar-refractivity contribution in [2.45, 2.75) is 69.8 Å². The molecular formula is C22H31NO6. The van der Waals surface area contributed by atoms with Crippen LogP contribution in [0.3, 0.4) is 0 Å². The fourth-order valence-electron chi connectivity index (χ4n) is 7.17. The molecule has 7 nitrogen and oxygen atoms in total. The zero-order chi connectivity index (χ0) is 21.8. The molecule has 0 aromatic rings. The molecule has 0 bridgehead atoms. The first-order chi connectivity index (χ1) is 13.2. The van der Waals surface area contributed by atoms with Gasteiger partial charge in [0.1, 0.15) is 11.2 Å². The number of fused-ring (bicyclic) bond motifs is 5. The van der Waals surface area contributed by atoms with Gasteiger partial charge in [0.2, 0.25) is 0 Å². The van der Waals surface area contributed by atoms with Gasteiger partial charge in [0.15, 0.2) is 5.78 Å². The lowest BCUT2D eigenvalue weighted by Crippen LogP contribution is -2.73. The van der Waals surface area contributed by atoms with Gasteiger partial charge in [0, 0.05) is 30.6 Å². The number of nitrogens with two attached hydrogens (primary N) is 1. The summed E-state index contributed by atoms with van der Waals surface area (Å²) in [5, 5.41) is 33.6. The highest BCUT2D eigenvalue weighted by atomic mass is 16.6. The summed E-state index contributed by atoms with van der Waals surface area (Å²) in [6.45, 7) is 8.32. The topological polar surface area (TPSA) is 130 Å². The third kappa shape index (κ3) is 2.12. The van der Waals surface area contributed by atoms with Gasteiger partial charge >= 0.3 is 5.97 Å². The van der Waals surface area contributed by atoms with Gasteiger partial charge in [-0.15, -0.1) is 0 Å². The maximum Gasteiger partial charge on any atom is 0.303 e. The largest absolute Gasteiger partial charge is 0.458 e. The molecule has 0 spiro atoms. The molecule has 29 heavy (non-hydrogen) atoms. The minimum Gasteiger partial charge on any atom is -0.458 e. The number of hydrogen-bond acceptors (Lipinski definition) is 7. The number of aliphatic hydroxyl groups excluding tert-OH is 1. The first-order valence-electron chi connectivity index (χ1n) is 10.2. The minimum absolute atomic E-state index is 0.0947. The quantitative estimate of drug-likeness (QED) is 0.391. The number of carbonyl (C=O) groups excluding carboxylic acids is 2. The molecule has 4 rings (SSSR count). The van der Waals surface area contributed by atoms with E-state index in [2.05, 4.69) is 0 Å². The van der Waals surface area contributed by atoms with E-state index in [1.165, 1.54) is 6.92 Å². The predicted octanol–water partition coefficient (Wildman–Crippen LogP) is 0.611. The number of hydrogen-bond donors (Lipinski definition) is 4. The summed E-state index contributed by atoms with van der Waals surface area (Å²) in [6.07, 6.45) is 3.54. The van der Waals surface area contributed by atoms with Crippen LogP contribution >= 0.6 is 0 Å². The van der Waals surface area contributed by atoms with Crippen LogP contribution in [0.25, 0.3) is 0 Å². The molecule has 160 valence electrons. The van der Waals surface area contributed by atoms with Crippen molar-refractivity contribution in [3.8, 4) is 0 Å². The van der Waals surface area contributed by atoms with Gasteiger partial charge in [0.25, 0.3) is 0 Å². The number of carbonyl (C=O) groups is 2. The zero-order valence-corrected chi connectivity index (χ0v) is 17.7. The number of ketones is 1. The van der Waals surface area contributed by atoms with Crippen LogP contribution in [0.2, 0.25) is 0 Å². The van der Waals surface area contributed by atoms with Crippen molar-refractivity contribution in [1.29, 1.82) is 0 Å². The first kappa shape index (κ1) is 20.7. The van der Waals surface area contributed by atoms with E-state index in [1.54, 1.807) is 19.1 Å². The van der Waals surface area contributed by atoms with Crippen LogP contribution in [0.1, 0.15) is 47.5 Å². The number of rotatable bonds is 2. The molecule has 2 fully saturated rings. The Kier molecular flexibility index (Phi) is 3.98. The number of esters is 1. The number of ether oxygens (including phenoxy) is 1. The van der Waals surface area contributed by atoms with Crippen LogP contribution in [0.4, 0.5) is 0 Å².